The van der Waals surface area contributed by atoms with Crippen molar-refractivity contribution in [2.45, 2.75) is 32.9 Å². The molecule has 0 unspecified atom stereocenters. The summed E-state index contributed by atoms with van der Waals surface area (Å²) in [5.74, 6) is -1.85. The van der Waals surface area contributed by atoms with Crippen molar-refractivity contribution < 1.29 is 27.2 Å². The fourth-order valence-electron chi connectivity index (χ4n) is 4.21. The summed E-state index contributed by atoms with van der Waals surface area (Å²) in [4.78, 5) is 26.2. The highest BCUT2D eigenvalue weighted by Crippen LogP contribution is 2.42. The van der Waals surface area contributed by atoms with Crippen LogP contribution >= 0.6 is 23.4 Å². The minimum absolute atomic E-state index is 0.0417. The molecule has 2 amide bonds. The van der Waals surface area contributed by atoms with Gasteiger partial charge in [-0.25, -0.2) is 0 Å². The maximum atomic E-state index is 13.5. The first kappa shape index (κ1) is 29.8. The molecule has 12 heteroatoms. The molecule has 0 fully saturated rings. The molecule has 4 rings (SSSR count). The minimum atomic E-state index is -4.64. The number of hydrogen-bond acceptors (Lipinski definition) is 6. The third-order valence-corrected chi connectivity index (χ3v) is 7.75. The predicted molar refractivity (Wildman–Crippen MR) is 152 cm³/mol. The lowest BCUT2D eigenvalue weighted by molar-refractivity contribution is -0.137. The molecule has 3 aromatic rings. The normalized spacial score (nSPS) is 15.3. The van der Waals surface area contributed by atoms with Crippen molar-refractivity contribution in [3.05, 3.63) is 104 Å². The van der Waals surface area contributed by atoms with Gasteiger partial charge in [0, 0.05) is 11.4 Å². The summed E-state index contributed by atoms with van der Waals surface area (Å²) in [7, 11) is 0. The SMILES string of the molecule is CC1=C(C(=O)Nc2cc(C(F)(F)F)ccc2Cl)[C@@H](c2ccco2)C(C#N)=C(SCC(=O)Nc2ccc(C)c(C)c2)N1. The molecule has 0 aliphatic carbocycles. The second-order valence-electron chi connectivity index (χ2n) is 9.25. The van der Waals surface area contributed by atoms with Crippen LogP contribution in [0.4, 0.5) is 24.5 Å². The maximum Gasteiger partial charge on any atom is 0.416 e. The van der Waals surface area contributed by atoms with Crippen LogP contribution in [0.1, 0.15) is 35.3 Å². The number of hydrogen-bond donors (Lipinski definition) is 3. The molecule has 0 spiro atoms. The highest BCUT2D eigenvalue weighted by Gasteiger charge is 2.37. The second kappa shape index (κ2) is 12.2. The maximum absolute atomic E-state index is 13.5. The van der Waals surface area contributed by atoms with Crippen LogP contribution in [-0.2, 0) is 15.8 Å². The Morgan fingerprint density at radius 2 is 1.85 bits per heavy atom. The summed E-state index contributed by atoms with van der Waals surface area (Å²) >= 11 is 7.17. The van der Waals surface area contributed by atoms with Gasteiger partial charge in [-0.2, -0.15) is 18.4 Å². The first-order chi connectivity index (χ1) is 19.4. The van der Waals surface area contributed by atoms with E-state index >= 15 is 0 Å². The Kier molecular flexibility index (Phi) is 8.85. The number of rotatable bonds is 7. The zero-order chi connectivity index (χ0) is 29.9. The monoisotopic (exact) mass is 600 g/mol. The van der Waals surface area contributed by atoms with Gasteiger partial charge in [-0.15, -0.1) is 0 Å². The van der Waals surface area contributed by atoms with Crippen LogP contribution in [0.25, 0.3) is 0 Å². The smallest absolute Gasteiger partial charge is 0.416 e. The van der Waals surface area contributed by atoms with Gasteiger partial charge < -0.3 is 20.4 Å². The van der Waals surface area contributed by atoms with E-state index in [-0.39, 0.29) is 39.3 Å². The molecule has 0 radical (unpaired) electrons. The predicted octanol–water partition coefficient (Wildman–Crippen LogP) is 7.28. The van der Waals surface area contributed by atoms with Gasteiger partial charge in [0.25, 0.3) is 5.91 Å². The Hall–Kier alpha value is -4.14. The zero-order valence-corrected chi connectivity index (χ0v) is 23.6. The molecule has 212 valence electrons. The van der Waals surface area contributed by atoms with E-state index in [0.29, 0.717) is 16.4 Å². The third-order valence-electron chi connectivity index (χ3n) is 6.40. The number of carbonyl (C=O) groups excluding carboxylic acids is 2. The number of nitrogens with one attached hydrogen (secondary N) is 3. The average Bonchev–Trinajstić information content (AvgIpc) is 3.44. The van der Waals surface area contributed by atoms with E-state index in [9.17, 15) is 28.0 Å². The Morgan fingerprint density at radius 3 is 2.49 bits per heavy atom. The molecule has 7 nitrogen and oxygen atoms in total. The lowest BCUT2D eigenvalue weighted by Crippen LogP contribution is -2.31. The van der Waals surface area contributed by atoms with Crippen LogP contribution in [0.15, 0.2) is 81.1 Å². The number of aryl methyl sites for hydroxylation is 2. The molecule has 2 aromatic carbocycles. The Morgan fingerprint density at radius 1 is 1.10 bits per heavy atom. The number of nitriles is 1. The highest BCUT2D eigenvalue weighted by atomic mass is 35.5. The molecule has 1 aliphatic heterocycles. The number of allylic oxidation sites excluding steroid dienone is 2. The number of benzene rings is 2. The van der Waals surface area contributed by atoms with E-state index in [1.165, 1.54) is 6.26 Å². The van der Waals surface area contributed by atoms with Crippen LogP contribution in [-0.4, -0.2) is 17.6 Å². The van der Waals surface area contributed by atoms with Crippen LogP contribution in [0.3, 0.4) is 0 Å². The molecular weight excluding hydrogens is 577 g/mol. The Bertz CT molecular complexity index is 1610. The van der Waals surface area contributed by atoms with Crippen molar-refractivity contribution in [2.24, 2.45) is 0 Å². The number of alkyl halides is 3. The number of halogens is 4. The fourth-order valence-corrected chi connectivity index (χ4v) is 5.27. The van der Waals surface area contributed by atoms with Gasteiger partial charge in [-0.3, -0.25) is 9.59 Å². The summed E-state index contributed by atoms with van der Waals surface area (Å²) in [6.45, 7) is 5.49. The first-order valence-electron chi connectivity index (χ1n) is 12.2. The van der Waals surface area contributed by atoms with E-state index in [2.05, 4.69) is 22.0 Å². The van der Waals surface area contributed by atoms with Gasteiger partial charge >= 0.3 is 6.18 Å². The van der Waals surface area contributed by atoms with Gasteiger partial charge in [0.1, 0.15) is 5.76 Å². The molecule has 0 saturated heterocycles. The number of carbonyl (C=O) groups is 2. The number of thioether (sulfide) groups is 1. The fraction of sp³-hybridized carbons (Fsp3) is 0.207. The van der Waals surface area contributed by atoms with Crippen LogP contribution in [0.2, 0.25) is 5.02 Å². The molecular formula is C29H24ClF3N4O3S. The number of amides is 2. The van der Waals surface area contributed by atoms with Crippen molar-refractivity contribution >= 4 is 46.6 Å². The lowest BCUT2D eigenvalue weighted by Gasteiger charge is -2.28. The van der Waals surface area contributed by atoms with E-state index < -0.39 is 23.6 Å². The summed E-state index contributed by atoms with van der Waals surface area (Å²) in [6.07, 6.45) is -3.26. The summed E-state index contributed by atoms with van der Waals surface area (Å²) in [6, 6.07) is 13.4. The molecule has 2 heterocycles. The number of dihydropyridines is 1. The minimum Gasteiger partial charge on any atom is -0.468 e. The standard InChI is InChI=1S/C29H24ClF3N4O3S/c1-15-6-8-19(11-16(15)2)36-24(38)14-41-28-20(13-34)26(23-5-4-10-40-23)25(17(3)35-28)27(39)37-22-12-18(29(31,32)33)7-9-21(22)30/h4-12,26,35H,14H2,1-3H3,(H,36,38)(H,37,39)/t26-/m1/s1. The lowest BCUT2D eigenvalue weighted by atomic mass is 9.85. The molecule has 0 saturated carbocycles. The van der Waals surface area contributed by atoms with Gasteiger partial charge in [-0.1, -0.05) is 29.4 Å². The van der Waals surface area contributed by atoms with E-state index in [1.54, 1.807) is 25.1 Å². The van der Waals surface area contributed by atoms with Crippen molar-refractivity contribution in [2.75, 3.05) is 16.4 Å². The van der Waals surface area contributed by atoms with Crippen LogP contribution in [0, 0.1) is 25.2 Å². The topological polar surface area (TPSA) is 107 Å². The van der Waals surface area contributed by atoms with Gasteiger partial charge in [0.2, 0.25) is 5.91 Å². The van der Waals surface area contributed by atoms with Crippen molar-refractivity contribution in [3.8, 4) is 6.07 Å². The summed E-state index contributed by atoms with van der Waals surface area (Å²) in [5.41, 5.74) is 2.01. The first-order valence-corrected chi connectivity index (χ1v) is 13.6. The Labute approximate surface area is 243 Å². The van der Waals surface area contributed by atoms with Gasteiger partial charge in [-0.05, 0) is 74.4 Å². The van der Waals surface area contributed by atoms with Crippen molar-refractivity contribution in [1.29, 1.82) is 5.26 Å². The molecule has 41 heavy (non-hydrogen) atoms. The van der Waals surface area contributed by atoms with Crippen LogP contribution < -0.4 is 16.0 Å². The van der Waals surface area contributed by atoms with Crippen molar-refractivity contribution in [1.82, 2.24) is 5.32 Å². The molecule has 3 N–H and O–H groups in total. The number of anilines is 2. The number of furan rings is 1. The van der Waals surface area contributed by atoms with E-state index in [4.69, 9.17) is 16.0 Å². The molecule has 1 aliphatic rings. The summed E-state index contributed by atoms with van der Waals surface area (Å²) < 4.78 is 45.4. The third kappa shape index (κ3) is 6.78. The van der Waals surface area contributed by atoms with Crippen molar-refractivity contribution in [3.63, 3.8) is 0 Å². The van der Waals surface area contributed by atoms with Gasteiger partial charge in [0.05, 0.1) is 56.5 Å². The quantitative estimate of drug-likeness (QED) is 0.263. The second-order valence-corrected chi connectivity index (χ2v) is 10.6. The average molecular weight is 601 g/mol. The summed E-state index contributed by atoms with van der Waals surface area (Å²) in [5, 5.41) is 18.7. The van der Waals surface area contributed by atoms with Gasteiger partial charge in [0.15, 0.2) is 0 Å². The largest absolute Gasteiger partial charge is 0.468 e. The van der Waals surface area contributed by atoms with Crippen LogP contribution in [0.5, 0.6) is 0 Å². The number of nitrogens with zero attached hydrogens (tertiary/aromatic N) is 1. The highest BCUT2D eigenvalue weighted by molar-refractivity contribution is 8.03. The zero-order valence-electron chi connectivity index (χ0n) is 22.1. The molecule has 1 atom stereocenters. The molecule has 0 bridgehead atoms. The van der Waals surface area contributed by atoms with E-state index in [0.717, 1.165) is 41.1 Å². The Balaban J connectivity index is 1.60. The molecule has 1 aromatic heterocycles. The van der Waals surface area contributed by atoms with E-state index in [1.807, 2.05) is 26.0 Å².